The van der Waals surface area contributed by atoms with Gasteiger partial charge in [0.05, 0.1) is 15.1 Å². The number of amides is 1. The van der Waals surface area contributed by atoms with E-state index in [4.69, 9.17) is 5.21 Å². The number of aromatic nitrogens is 1. The van der Waals surface area contributed by atoms with Gasteiger partial charge in [-0.1, -0.05) is 43.3 Å². The van der Waals surface area contributed by atoms with Gasteiger partial charge in [-0.25, -0.2) is 18.9 Å². The number of fused-ring (bicyclic) bond motifs is 1. The molecule has 1 aromatic heterocycles. The summed E-state index contributed by atoms with van der Waals surface area (Å²) in [7, 11) is -3.96. The Morgan fingerprint density at radius 3 is 2.48 bits per heavy atom. The standard InChI is InChI=1S/C19H21N3O4S3/c1-11(2)17(18(23)21-24)22-29(25,26)14-8-9-15-16(10-14)28-19(20-15)27-13-6-4-12(3)5-7-13/h4-11,17,22,24H,1-3H3,(H,21,23)/t17-/m1/s1. The number of aryl methyl sites for hydroxylation is 1. The fraction of sp³-hybridized carbons (Fsp3) is 0.263. The van der Waals surface area contributed by atoms with Gasteiger partial charge in [0.15, 0.2) is 4.34 Å². The zero-order valence-electron chi connectivity index (χ0n) is 16.0. The van der Waals surface area contributed by atoms with E-state index in [1.54, 1.807) is 26.0 Å². The Morgan fingerprint density at radius 2 is 1.86 bits per heavy atom. The average molecular weight is 452 g/mol. The maximum Gasteiger partial charge on any atom is 0.261 e. The van der Waals surface area contributed by atoms with Crippen LogP contribution in [-0.2, 0) is 14.8 Å². The minimum atomic E-state index is -3.96. The summed E-state index contributed by atoms with van der Waals surface area (Å²) in [5.41, 5.74) is 3.39. The van der Waals surface area contributed by atoms with Crippen molar-refractivity contribution in [2.75, 3.05) is 0 Å². The number of hydrogen-bond acceptors (Lipinski definition) is 7. The third-order valence-corrected chi connectivity index (χ3v) is 7.74. The minimum Gasteiger partial charge on any atom is -0.289 e. The zero-order chi connectivity index (χ0) is 21.2. The molecule has 29 heavy (non-hydrogen) atoms. The van der Waals surface area contributed by atoms with Crippen LogP contribution in [0, 0.1) is 12.8 Å². The number of thiazole rings is 1. The van der Waals surface area contributed by atoms with Crippen LogP contribution in [0.15, 0.2) is 56.6 Å². The Morgan fingerprint density at radius 1 is 1.17 bits per heavy atom. The second kappa shape index (κ2) is 8.80. The number of nitrogens with zero attached hydrogens (tertiary/aromatic N) is 1. The normalized spacial score (nSPS) is 13.0. The molecule has 0 spiro atoms. The molecule has 1 atom stereocenters. The topological polar surface area (TPSA) is 108 Å². The fourth-order valence-corrected chi connectivity index (χ4v) is 6.12. The number of sulfonamides is 1. The summed E-state index contributed by atoms with van der Waals surface area (Å²) in [6, 6.07) is 11.7. The summed E-state index contributed by atoms with van der Waals surface area (Å²) < 4.78 is 29.4. The molecular formula is C19H21N3O4S3. The molecule has 2 aromatic carbocycles. The van der Waals surface area contributed by atoms with Crippen molar-refractivity contribution in [3.05, 3.63) is 48.0 Å². The second-order valence-corrected chi connectivity index (χ2v) is 10.9. The number of nitrogens with one attached hydrogen (secondary N) is 2. The number of carbonyl (C=O) groups excluding carboxylic acids is 1. The van der Waals surface area contributed by atoms with Gasteiger partial charge in [-0.05, 0) is 43.2 Å². The maximum atomic E-state index is 12.7. The van der Waals surface area contributed by atoms with E-state index in [1.807, 2.05) is 31.2 Å². The van der Waals surface area contributed by atoms with Crippen LogP contribution < -0.4 is 10.2 Å². The summed E-state index contributed by atoms with van der Waals surface area (Å²) in [4.78, 5) is 17.4. The second-order valence-electron chi connectivity index (χ2n) is 6.84. The van der Waals surface area contributed by atoms with E-state index in [9.17, 15) is 13.2 Å². The summed E-state index contributed by atoms with van der Waals surface area (Å²) >= 11 is 2.92. The summed E-state index contributed by atoms with van der Waals surface area (Å²) in [5.74, 6) is -1.15. The van der Waals surface area contributed by atoms with Gasteiger partial charge in [0.2, 0.25) is 10.0 Å². The lowest BCUT2D eigenvalue weighted by molar-refractivity contribution is -0.131. The van der Waals surface area contributed by atoms with Crippen LogP contribution in [0.2, 0.25) is 0 Å². The van der Waals surface area contributed by atoms with Gasteiger partial charge < -0.3 is 0 Å². The molecule has 0 aliphatic heterocycles. The smallest absolute Gasteiger partial charge is 0.261 e. The lowest BCUT2D eigenvalue weighted by Gasteiger charge is -2.20. The molecule has 0 bridgehead atoms. The van der Waals surface area contributed by atoms with Gasteiger partial charge >= 0.3 is 0 Å². The van der Waals surface area contributed by atoms with Crippen LogP contribution in [0.4, 0.5) is 0 Å². The monoisotopic (exact) mass is 451 g/mol. The summed E-state index contributed by atoms with van der Waals surface area (Å²) in [6.07, 6.45) is 0. The first-order valence-corrected chi connectivity index (χ1v) is 11.9. The molecule has 1 amide bonds. The maximum absolute atomic E-state index is 12.7. The van der Waals surface area contributed by atoms with E-state index in [0.717, 1.165) is 13.9 Å². The molecule has 0 saturated heterocycles. The van der Waals surface area contributed by atoms with Crippen LogP contribution in [0.25, 0.3) is 10.2 Å². The van der Waals surface area contributed by atoms with Crippen molar-refractivity contribution < 1.29 is 18.4 Å². The molecule has 10 heteroatoms. The van der Waals surface area contributed by atoms with Crippen molar-refractivity contribution in [1.82, 2.24) is 15.2 Å². The highest BCUT2D eigenvalue weighted by Gasteiger charge is 2.28. The van der Waals surface area contributed by atoms with E-state index >= 15 is 0 Å². The molecule has 0 unspecified atom stereocenters. The fourth-order valence-electron chi connectivity index (χ4n) is 2.60. The van der Waals surface area contributed by atoms with E-state index in [-0.39, 0.29) is 10.8 Å². The SMILES string of the molecule is Cc1ccc(Sc2nc3ccc(S(=O)(=O)N[C@@H](C(=O)NO)C(C)C)cc3s2)cc1. The highest BCUT2D eigenvalue weighted by Crippen LogP contribution is 2.35. The molecule has 7 nitrogen and oxygen atoms in total. The molecule has 0 radical (unpaired) electrons. The Hall–Kier alpha value is -1.98. The van der Waals surface area contributed by atoms with Gasteiger partial charge in [0.25, 0.3) is 5.91 Å². The van der Waals surface area contributed by atoms with Crippen LogP contribution in [0.1, 0.15) is 19.4 Å². The Labute approximate surface area is 177 Å². The molecule has 154 valence electrons. The van der Waals surface area contributed by atoms with Crippen molar-refractivity contribution in [1.29, 1.82) is 0 Å². The average Bonchev–Trinajstić information content (AvgIpc) is 3.08. The predicted molar refractivity (Wildman–Crippen MR) is 114 cm³/mol. The molecule has 0 saturated carbocycles. The van der Waals surface area contributed by atoms with Crippen molar-refractivity contribution in [3.63, 3.8) is 0 Å². The molecule has 3 aromatic rings. The van der Waals surface area contributed by atoms with E-state index < -0.39 is 22.0 Å². The number of hydroxylamine groups is 1. The summed E-state index contributed by atoms with van der Waals surface area (Å²) in [5, 5.41) is 8.86. The highest BCUT2D eigenvalue weighted by molar-refractivity contribution is 8.01. The van der Waals surface area contributed by atoms with Crippen LogP contribution in [-0.4, -0.2) is 30.6 Å². The van der Waals surface area contributed by atoms with Crippen molar-refractivity contribution >= 4 is 49.2 Å². The Bertz CT molecular complexity index is 1130. The van der Waals surface area contributed by atoms with Gasteiger partial charge in [0.1, 0.15) is 6.04 Å². The predicted octanol–water partition coefficient (Wildman–Crippen LogP) is 3.56. The minimum absolute atomic E-state index is 0.0388. The number of rotatable bonds is 7. The van der Waals surface area contributed by atoms with E-state index in [1.165, 1.54) is 40.2 Å². The van der Waals surface area contributed by atoms with E-state index in [0.29, 0.717) is 5.52 Å². The van der Waals surface area contributed by atoms with Crippen LogP contribution >= 0.6 is 23.1 Å². The van der Waals surface area contributed by atoms with Crippen molar-refractivity contribution in [3.8, 4) is 0 Å². The van der Waals surface area contributed by atoms with Crippen LogP contribution in [0.3, 0.4) is 0 Å². The molecule has 0 fully saturated rings. The van der Waals surface area contributed by atoms with Gasteiger partial charge in [-0.15, -0.1) is 11.3 Å². The number of hydrogen-bond donors (Lipinski definition) is 3. The van der Waals surface area contributed by atoms with Gasteiger partial charge in [-0.2, -0.15) is 4.72 Å². The Kier molecular flexibility index (Phi) is 6.59. The molecule has 3 N–H and O–H groups in total. The third kappa shape index (κ3) is 5.14. The quantitative estimate of drug-likeness (QED) is 0.374. The molecular weight excluding hydrogens is 430 g/mol. The van der Waals surface area contributed by atoms with Gasteiger partial charge in [0, 0.05) is 4.90 Å². The Balaban J connectivity index is 1.86. The third-order valence-electron chi connectivity index (χ3n) is 4.22. The first-order valence-electron chi connectivity index (χ1n) is 8.81. The van der Waals surface area contributed by atoms with E-state index in [2.05, 4.69) is 9.71 Å². The largest absolute Gasteiger partial charge is 0.289 e. The lowest BCUT2D eigenvalue weighted by atomic mass is 10.1. The van der Waals surface area contributed by atoms with Crippen molar-refractivity contribution in [2.45, 2.75) is 40.9 Å². The molecule has 1 heterocycles. The first-order chi connectivity index (χ1) is 13.7. The summed E-state index contributed by atoms with van der Waals surface area (Å²) in [6.45, 7) is 5.39. The molecule has 3 rings (SSSR count). The number of carbonyl (C=O) groups is 1. The van der Waals surface area contributed by atoms with Gasteiger partial charge in [-0.3, -0.25) is 10.0 Å². The molecule has 0 aliphatic carbocycles. The van der Waals surface area contributed by atoms with Crippen LogP contribution in [0.5, 0.6) is 0 Å². The number of benzene rings is 2. The zero-order valence-corrected chi connectivity index (χ0v) is 18.5. The lowest BCUT2D eigenvalue weighted by Crippen LogP contribution is -2.48. The first kappa shape index (κ1) is 21.7. The van der Waals surface area contributed by atoms with Crippen molar-refractivity contribution in [2.24, 2.45) is 5.92 Å². The molecule has 0 aliphatic rings. The highest BCUT2D eigenvalue weighted by atomic mass is 32.2.